The number of ether oxygens (including phenoxy) is 1. The van der Waals surface area contributed by atoms with Crippen LogP contribution in [0.5, 0.6) is 0 Å². The summed E-state index contributed by atoms with van der Waals surface area (Å²) in [5, 5.41) is 15.2. The third-order valence-corrected chi connectivity index (χ3v) is 5.63. The number of carbonyl (C=O) groups is 4. The van der Waals surface area contributed by atoms with Crippen molar-refractivity contribution in [3.63, 3.8) is 0 Å². The first-order valence-corrected chi connectivity index (χ1v) is 12.3. The predicted molar refractivity (Wildman–Crippen MR) is 137 cm³/mol. The third kappa shape index (κ3) is 9.49. The first-order chi connectivity index (χ1) is 16.7. The molecule has 3 atom stereocenters. The molecule has 0 aliphatic carbocycles. The Morgan fingerprint density at radius 3 is 2.31 bits per heavy atom. The molecule has 0 fully saturated rings. The molecule has 0 aromatic heterocycles. The molecule has 10 nitrogen and oxygen atoms in total. The predicted octanol–water partition coefficient (Wildman–Crippen LogP) is 2.24. The average Bonchev–Trinajstić information content (AvgIpc) is 2.73. The number of hydrogen-bond donors (Lipinski definition) is 4. The molecule has 0 aliphatic rings. The lowest BCUT2D eigenvalue weighted by Gasteiger charge is -2.35. The monoisotopic (exact) mass is 506 g/mol. The summed E-state index contributed by atoms with van der Waals surface area (Å²) in [5.41, 5.74) is 6.83. The summed E-state index contributed by atoms with van der Waals surface area (Å²) in [6.07, 6.45) is 0.183. The van der Waals surface area contributed by atoms with Gasteiger partial charge >= 0.3 is 6.09 Å². The van der Waals surface area contributed by atoms with Crippen LogP contribution in [0.3, 0.4) is 0 Å². The van der Waals surface area contributed by atoms with E-state index >= 15 is 0 Å². The number of aliphatic hydroxyl groups is 1. The molecule has 0 spiro atoms. The van der Waals surface area contributed by atoms with Gasteiger partial charge in [-0.15, -0.1) is 0 Å². The fourth-order valence-corrected chi connectivity index (χ4v) is 3.87. The Bertz CT molecular complexity index is 927. The Balaban J connectivity index is 3.53. The number of nitrogens with two attached hydrogens (primary N) is 1. The molecule has 0 heterocycles. The third-order valence-electron chi connectivity index (χ3n) is 5.63. The fourth-order valence-electron chi connectivity index (χ4n) is 3.87. The standard InChI is InChI=1S/C26H42N4O6/c1-8-10-17(3)28-23(33)22(19-12-9-11-16(2)18(19)4)30(13-14-31)24(34)20(15-21(27)32)29-25(35)36-26(5,6)7/h9,11-12,17,20,22,31H,8,10,13-15H2,1-7H3,(H2,27,32)(H,28,33)(H,29,35). The summed E-state index contributed by atoms with van der Waals surface area (Å²) >= 11 is 0. The van der Waals surface area contributed by atoms with Crippen LogP contribution >= 0.6 is 0 Å². The number of alkyl carbamates (subject to hydrolysis) is 1. The molecule has 0 bridgehead atoms. The summed E-state index contributed by atoms with van der Waals surface area (Å²) in [7, 11) is 0. The molecule has 0 saturated heterocycles. The molecule has 4 amide bonds. The number of carbonyl (C=O) groups excluding carboxylic acids is 4. The maximum Gasteiger partial charge on any atom is 0.408 e. The minimum atomic E-state index is -1.39. The van der Waals surface area contributed by atoms with Crippen molar-refractivity contribution in [3.8, 4) is 0 Å². The molecular formula is C26H42N4O6. The van der Waals surface area contributed by atoms with Crippen molar-refractivity contribution in [2.75, 3.05) is 13.2 Å². The van der Waals surface area contributed by atoms with E-state index in [1.165, 1.54) is 4.90 Å². The van der Waals surface area contributed by atoms with Gasteiger partial charge in [0.05, 0.1) is 13.0 Å². The van der Waals surface area contributed by atoms with Gasteiger partial charge in [-0.3, -0.25) is 14.4 Å². The summed E-state index contributed by atoms with van der Waals surface area (Å²) in [6.45, 7) is 11.9. The smallest absolute Gasteiger partial charge is 0.408 e. The molecular weight excluding hydrogens is 464 g/mol. The Morgan fingerprint density at radius 1 is 1.14 bits per heavy atom. The number of aliphatic hydroxyl groups excluding tert-OH is 1. The molecule has 3 unspecified atom stereocenters. The second-order valence-electron chi connectivity index (χ2n) is 10.0. The second kappa shape index (κ2) is 13.8. The number of primary amides is 1. The second-order valence-corrected chi connectivity index (χ2v) is 10.0. The van der Waals surface area contributed by atoms with Gasteiger partial charge in [-0.05, 0) is 64.7 Å². The zero-order valence-electron chi connectivity index (χ0n) is 22.5. The maximum atomic E-state index is 13.8. The minimum Gasteiger partial charge on any atom is -0.444 e. The largest absolute Gasteiger partial charge is 0.444 e. The van der Waals surface area contributed by atoms with Crippen molar-refractivity contribution in [3.05, 3.63) is 34.9 Å². The van der Waals surface area contributed by atoms with Gasteiger partial charge in [-0.2, -0.15) is 0 Å². The minimum absolute atomic E-state index is 0.150. The highest BCUT2D eigenvalue weighted by molar-refractivity contribution is 5.94. The van der Waals surface area contributed by atoms with E-state index in [1.54, 1.807) is 32.9 Å². The van der Waals surface area contributed by atoms with Gasteiger partial charge in [-0.1, -0.05) is 31.5 Å². The van der Waals surface area contributed by atoms with Crippen LogP contribution in [0.4, 0.5) is 4.79 Å². The Labute approximate surface area is 213 Å². The summed E-state index contributed by atoms with van der Waals surface area (Å²) in [6, 6.07) is 2.78. The van der Waals surface area contributed by atoms with Crippen LogP contribution in [0.2, 0.25) is 0 Å². The summed E-state index contributed by atoms with van der Waals surface area (Å²) in [5.74, 6) is -1.99. The molecule has 0 saturated carbocycles. The van der Waals surface area contributed by atoms with Crippen LogP contribution in [0.15, 0.2) is 18.2 Å². The number of nitrogens with one attached hydrogen (secondary N) is 2. The summed E-state index contributed by atoms with van der Waals surface area (Å²) < 4.78 is 5.25. The van der Waals surface area contributed by atoms with Crippen LogP contribution in [-0.2, 0) is 19.1 Å². The Hall–Kier alpha value is -3.14. The number of hydrogen-bond acceptors (Lipinski definition) is 6. The molecule has 36 heavy (non-hydrogen) atoms. The number of rotatable bonds is 12. The summed E-state index contributed by atoms with van der Waals surface area (Å²) in [4.78, 5) is 52.7. The van der Waals surface area contributed by atoms with E-state index in [4.69, 9.17) is 10.5 Å². The molecule has 5 N–H and O–H groups in total. The van der Waals surface area contributed by atoms with Crippen molar-refractivity contribution in [1.82, 2.24) is 15.5 Å². The molecule has 202 valence electrons. The van der Waals surface area contributed by atoms with Crippen LogP contribution in [-0.4, -0.2) is 64.7 Å². The Kier molecular flexibility index (Phi) is 11.9. The van der Waals surface area contributed by atoms with E-state index in [0.717, 1.165) is 24.0 Å². The Morgan fingerprint density at radius 2 is 1.78 bits per heavy atom. The van der Waals surface area contributed by atoms with Crippen molar-refractivity contribution in [2.24, 2.45) is 5.73 Å². The molecule has 1 rings (SSSR count). The van der Waals surface area contributed by atoms with Crippen molar-refractivity contribution >= 4 is 23.8 Å². The van der Waals surface area contributed by atoms with Gasteiger partial charge < -0.3 is 31.1 Å². The topological polar surface area (TPSA) is 151 Å². The molecule has 1 aromatic carbocycles. The highest BCUT2D eigenvalue weighted by atomic mass is 16.6. The van der Waals surface area contributed by atoms with Gasteiger partial charge in [0.15, 0.2) is 0 Å². The van der Waals surface area contributed by atoms with Gasteiger partial charge in [0.25, 0.3) is 0 Å². The highest BCUT2D eigenvalue weighted by Crippen LogP contribution is 2.27. The molecule has 0 radical (unpaired) electrons. The molecule has 10 heteroatoms. The molecule has 1 aromatic rings. The first-order valence-electron chi connectivity index (χ1n) is 12.3. The van der Waals surface area contributed by atoms with Crippen molar-refractivity contribution < 1.29 is 29.0 Å². The van der Waals surface area contributed by atoms with Gasteiger partial charge in [0.1, 0.15) is 17.7 Å². The zero-order valence-corrected chi connectivity index (χ0v) is 22.5. The normalized spacial score (nSPS) is 13.8. The lowest BCUT2D eigenvalue weighted by molar-refractivity contribution is -0.144. The van der Waals surface area contributed by atoms with Crippen molar-refractivity contribution in [1.29, 1.82) is 0 Å². The first kappa shape index (κ1) is 30.9. The number of benzene rings is 1. The van der Waals surface area contributed by atoms with E-state index in [9.17, 15) is 24.3 Å². The van der Waals surface area contributed by atoms with Gasteiger partial charge in [0.2, 0.25) is 17.7 Å². The van der Waals surface area contributed by atoms with E-state index in [1.807, 2.05) is 33.8 Å². The van der Waals surface area contributed by atoms with E-state index in [2.05, 4.69) is 10.6 Å². The number of amides is 4. The lowest BCUT2D eigenvalue weighted by Crippen LogP contribution is -2.55. The van der Waals surface area contributed by atoms with E-state index in [-0.39, 0.29) is 12.6 Å². The van der Waals surface area contributed by atoms with Crippen LogP contribution < -0.4 is 16.4 Å². The van der Waals surface area contributed by atoms with E-state index < -0.39 is 54.5 Å². The van der Waals surface area contributed by atoms with Crippen LogP contribution in [0.1, 0.15) is 76.6 Å². The lowest BCUT2D eigenvalue weighted by atomic mass is 9.94. The number of aryl methyl sites for hydroxylation is 1. The maximum absolute atomic E-state index is 13.8. The quantitative estimate of drug-likeness (QED) is 0.341. The zero-order chi connectivity index (χ0) is 27.6. The highest BCUT2D eigenvalue weighted by Gasteiger charge is 2.37. The SMILES string of the molecule is CCCC(C)NC(=O)C(c1cccc(C)c1C)N(CCO)C(=O)C(CC(N)=O)NC(=O)OC(C)(C)C. The average molecular weight is 507 g/mol. The van der Waals surface area contributed by atoms with Crippen LogP contribution in [0.25, 0.3) is 0 Å². The van der Waals surface area contributed by atoms with Crippen molar-refractivity contribution in [2.45, 2.75) is 91.5 Å². The van der Waals surface area contributed by atoms with E-state index in [0.29, 0.717) is 5.56 Å². The molecule has 0 aliphatic heterocycles. The van der Waals surface area contributed by atoms with Gasteiger partial charge in [-0.25, -0.2) is 4.79 Å². The van der Waals surface area contributed by atoms with Gasteiger partial charge in [0, 0.05) is 12.6 Å². The number of nitrogens with zero attached hydrogens (tertiary/aromatic N) is 1. The fraction of sp³-hybridized carbons (Fsp3) is 0.615. The van der Waals surface area contributed by atoms with Crippen LogP contribution in [0, 0.1) is 13.8 Å².